The number of aromatic nitrogens is 1. The number of nitrogens with two attached hydrogens (primary N) is 1. The van der Waals surface area contributed by atoms with E-state index in [-0.39, 0.29) is 35.5 Å². The van der Waals surface area contributed by atoms with Crippen molar-refractivity contribution in [2.24, 2.45) is 5.90 Å². The first-order valence-corrected chi connectivity index (χ1v) is 12.5. The SMILES string of the molecule is Cc1ccc(C[C@H](CON)NC(=O)c2c(Oc3cccc(C4CC4)c3F)cnc3ccccc23)c(C)c1. The Labute approximate surface area is 215 Å². The lowest BCUT2D eigenvalue weighted by Crippen LogP contribution is -2.40. The number of hydrogen-bond donors (Lipinski definition) is 2. The van der Waals surface area contributed by atoms with Gasteiger partial charge in [0.2, 0.25) is 0 Å². The largest absolute Gasteiger partial charge is 0.452 e. The first-order valence-electron chi connectivity index (χ1n) is 12.5. The number of rotatable bonds is 9. The molecule has 0 unspecified atom stereocenters. The number of nitrogens with zero attached hydrogens (tertiary/aromatic N) is 1. The second kappa shape index (κ2) is 10.7. The third-order valence-electron chi connectivity index (χ3n) is 6.80. The molecule has 0 spiro atoms. The van der Waals surface area contributed by atoms with Gasteiger partial charge in [0, 0.05) is 5.39 Å². The summed E-state index contributed by atoms with van der Waals surface area (Å²) in [5.41, 5.74) is 4.94. The summed E-state index contributed by atoms with van der Waals surface area (Å²) < 4.78 is 21.3. The number of carbonyl (C=O) groups excluding carboxylic acids is 1. The van der Waals surface area contributed by atoms with Crippen LogP contribution in [0.1, 0.15) is 51.4 Å². The first kappa shape index (κ1) is 24.9. The van der Waals surface area contributed by atoms with Crippen LogP contribution in [-0.4, -0.2) is 23.5 Å². The van der Waals surface area contributed by atoms with Crippen LogP contribution in [-0.2, 0) is 11.3 Å². The second-order valence-corrected chi connectivity index (χ2v) is 9.69. The average Bonchev–Trinajstić information content (AvgIpc) is 3.72. The van der Waals surface area contributed by atoms with E-state index in [9.17, 15) is 4.79 Å². The van der Waals surface area contributed by atoms with Crippen LogP contribution in [0.15, 0.2) is 66.9 Å². The molecule has 0 aliphatic heterocycles. The van der Waals surface area contributed by atoms with Crippen molar-refractivity contribution in [2.75, 3.05) is 6.61 Å². The topological polar surface area (TPSA) is 86.5 Å². The molecule has 6 nitrogen and oxygen atoms in total. The summed E-state index contributed by atoms with van der Waals surface area (Å²) in [6, 6.07) is 18.2. The number of para-hydroxylation sites is 1. The first-order chi connectivity index (χ1) is 17.9. The Morgan fingerprint density at radius 2 is 1.92 bits per heavy atom. The molecule has 4 aromatic rings. The predicted molar refractivity (Wildman–Crippen MR) is 141 cm³/mol. The molecule has 1 aromatic heterocycles. The highest BCUT2D eigenvalue weighted by Crippen LogP contribution is 2.43. The van der Waals surface area contributed by atoms with Crippen molar-refractivity contribution in [1.29, 1.82) is 0 Å². The minimum atomic E-state index is -0.395. The van der Waals surface area contributed by atoms with Crippen molar-refractivity contribution in [3.63, 3.8) is 0 Å². The highest BCUT2D eigenvalue weighted by molar-refractivity contribution is 6.08. The van der Waals surface area contributed by atoms with Crippen molar-refractivity contribution in [2.45, 2.75) is 45.1 Å². The molecular weight excluding hydrogens is 469 g/mol. The van der Waals surface area contributed by atoms with Gasteiger partial charge in [0.05, 0.1) is 29.9 Å². The van der Waals surface area contributed by atoms with Crippen LogP contribution >= 0.6 is 0 Å². The Bertz CT molecular complexity index is 1450. The van der Waals surface area contributed by atoms with Crippen molar-refractivity contribution in [3.8, 4) is 11.5 Å². The van der Waals surface area contributed by atoms with Crippen LogP contribution in [0.3, 0.4) is 0 Å². The van der Waals surface area contributed by atoms with Gasteiger partial charge in [-0.1, -0.05) is 54.1 Å². The number of halogens is 1. The molecular formula is C30H30FN3O3. The van der Waals surface area contributed by atoms with E-state index >= 15 is 4.39 Å². The van der Waals surface area contributed by atoms with Crippen LogP contribution in [0.25, 0.3) is 10.9 Å². The van der Waals surface area contributed by atoms with E-state index in [1.807, 2.05) is 44.2 Å². The number of nitrogens with one attached hydrogen (secondary N) is 1. The quantitative estimate of drug-likeness (QED) is 0.280. The molecule has 1 fully saturated rings. The Kier molecular flexibility index (Phi) is 7.17. The van der Waals surface area contributed by atoms with Gasteiger partial charge in [-0.3, -0.25) is 9.78 Å². The van der Waals surface area contributed by atoms with Crippen molar-refractivity contribution in [3.05, 3.63) is 100 Å². The molecule has 1 aliphatic carbocycles. The summed E-state index contributed by atoms with van der Waals surface area (Å²) in [5, 5.41) is 3.66. The van der Waals surface area contributed by atoms with Crippen molar-refractivity contribution >= 4 is 16.8 Å². The fourth-order valence-corrected chi connectivity index (χ4v) is 4.73. The molecule has 3 aromatic carbocycles. The number of aryl methyl sites for hydroxylation is 2. The minimum absolute atomic E-state index is 0.0765. The van der Waals surface area contributed by atoms with E-state index in [2.05, 4.69) is 16.4 Å². The normalized spacial score (nSPS) is 13.9. The molecule has 7 heteroatoms. The number of pyridine rings is 1. The maximum Gasteiger partial charge on any atom is 0.256 e. The van der Waals surface area contributed by atoms with Gasteiger partial charge in [-0.25, -0.2) is 10.3 Å². The number of fused-ring (bicyclic) bond motifs is 1. The summed E-state index contributed by atoms with van der Waals surface area (Å²) >= 11 is 0. The zero-order chi connectivity index (χ0) is 25.9. The number of hydrogen-bond acceptors (Lipinski definition) is 5. The lowest BCUT2D eigenvalue weighted by molar-refractivity contribution is 0.0839. The lowest BCUT2D eigenvalue weighted by Gasteiger charge is -2.21. The van der Waals surface area contributed by atoms with Crippen LogP contribution < -0.4 is 16.0 Å². The molecule has 1 saturated carbocycles. The summed E-state index contributed by atoms with van der Waals surface area (Å²) in [6.45, 7) is 4.20. The predicted octanol–water partition coefficient (Wildman–Crippen LogP) is 5.89. The number of carbonyl (C=O) groups is 1. The molecule has 1 atom stereocenters. The maximum absolute atomic E-state index is 15.2. The molecule has 0 bridgehead atoms. The third-order valence-corrected chi connectivity index (χ3v) is 6.80. The summed E-state index contributed by atoms with van der Waals surface area (Å²) in [6.07, 6.45) is 3.94. The van der Waals surface area contributed by atoms with E-state index in [1.165, 1.54) is 11.8 Å². The highest BCUT2D eigenvalue weighted by Gasteiger charge is 2.29. The summed E-state index contributed by atoms with van der Waals surface area (Å²) in [5.74, 6) is 5.13. The molecule has 37 heavy (non-hydrogen) atoms. The van der Waals surface area contributed by atoms with Gasteiger partial charge < -0.3 is 14.9 Å². The molecule has 190 valence electrons. The summed E-state index contributed by atoms with van der Waals surface area (Å²) in [7, 11) is 0. The van der Waals surface area contributed by atoms with Gasteiger partial charge >= 0.3 is 0 Å². The Morgan fingerprint density at radius 1 is 1.11 bits per heavy atom. The Balaban J connectivity index is 1.48. The second-order valence-electron chi connectivity index (χ2n) is 9.69. The molecule has 3 N–H and O–H groups in total. The lowest BCUT2D eigenvalue weighted by atomic mass is 9.99. The van der Waals surface area contributed by atoms with Gasteiger partial charge in [-0.15, -0.1) is 0 Å². The van der Waals surface area contributed by atoms with Gasteiger partial charge in [0.1, 0.15) is 0 Å². The van der Waals surface area contributed by atoms with E-state index in [0.717, 1.165) is 24.0 Å². The smallest absolute Gasteiger partial charge is 0.256 e. The van der Waals surface area contributed by atoms with Gasteiger partial charge in [0.25, 0.3) is 5.91 Å². The third kappa shape index (κ3) is 5.48. The zero-order valence-corrected chi connectivity index (χ0v) is 21.0. The fraction of sp³-hybridized carbons (Fsp3) is 0.267. The van der Waals surface area contributed by atoms with Gasteiger partial charge in [0.15, 0.2) is 17.3 Å². The van der Waals surface area contributed by atoms with Crippen LogP contribution in [0, 0.1) is 19.7 Å². The van der Waals surface area contributed by atoms with Crippen LogP contribution in [0.5, 0.6) is 11.5 Å². The Hall–Kier alpha value is -3.81. The molecule has 0 saturated heterocycles. The highest BCUT2D eigenvalue weighted by atomic mass is 19.1. The van der Waals surface area contributed by atoms with E-state index in [1.54, 1.807) is 24.3 Å². The molecule has 5 rings (SSSR count). The molecule has 1 aliphatic rings. The molecule has 0 radical (unpaired) electrons. The van der Waals surface area contributed by atoms with Gasteiger partial charge in [-0.05, 0) is 67.9 Å². The maximum atomic E-state index is 15.2. The van der Waals surface area contributed by atoms with E-state index in [0.29, 0.717) is 22.9 Å². The fourth-order valence-electron chi connectivity index (χ4n) is 4.73. The van der Waals surface area contributed by atoms with Crippen LogP contribution in [0.2, 0.25) is 0 Å². The number of benzene rings is 3. The van der Waals surface area contributed by atoms with E-state index < -0.39 is 11.9 Å². The number of amides is 1. The monoisotopic (exact) mass is 499 g/mol. The standard InChI is InChI=1S/C30H30FN3O3/c1-18-10-11-21(19(2)14-18)15-22(17-36-32)34-30(35)28-24-6-3-4-8-25(24)33-16-27(28)37-26-9-5-7-23(29(26)31)20-12-13-20/h3-11,14,16,20,22H,12-13,15,17,32H2,1-2H3,(H,34,35)/t22-/m1/s1. The average molecular weight is 500 g/mol. The van der Waals surface area contributed by atoms with Crippen LogP contribution in [0.4, 0.5) is 4.39 Å². The van der Waals surface area contributed by atoms with Crippen molar-refractivity contribution in [1.82, 2.24) is 10.3 Å². The van der Waals surface area contributed by atoms with E-state index in [4.69, 9.17) is 15.5 Å². The van der Waals surface area contributed by atoms with Crippen molar-refractivity contribution < 1.29 is 18.8 Å². The molecule has 1 amide bonds. The van der Waals surface area contributed by atoms with Gasteiger partial charge in [-0.2, -0.15) is 0 Å². The zero-order valence-electron chi connectivity index (χ0n) is 21.0. The summed E-state index contributed by atoms with van der Waals surface area (Å²) in [4.78, 5) is 23.1. The molecule has 1 heterocycles. The number of ether oxygens (including phenoxy) is 1. The Morgan fingerprint density at radius 3 is 2.68 bits per heavy atom. The minimum Gasteiger partial charge on any atom is -0.452 e.